The summed E-state index contributed by atoms with van der Waals surface area (Å²) in [4.78, 5) is 12.7. The summed E-state index contributed by atoms with van der Waals surface area (Å²) in [6.07, 6.45) is 2.37. The summed E-state index contributed by atoms with van der Waals surface area (Å²) in [7, 11) is 2.80. The first-order valence-corrected chi connectivity index (χ1v) is 7.51. The van der Waals surface area contributed by atoms with Crippen molar-refractivity contribution in [1.29, 1.82) is 0 Å². The summed E-state index contributed by atoms with van der Waals surface area (Å²) >= 11 is 0. The highest BCUT2D eigenvalue weighted by atomic mass is 16.5. The van der Waals surface area contributed by atoms with E-state index >= 15 is 0 Å². The Hall–Kier alpha value is -2.21. The summed E-state index contributed by atoms with van der Waals surface area (Å²) in [6.45, 7) is 10.1. The minimum atomic E-state index is -1.05. The highest BCUT2D eigenvalue weighted by Gasteiger charge is 2.09. The van der Waals surface area contributed by atoms with Crippen LogP contribution in [-0.2, 0) is 4.79 Å². The van der Waals surface area contributed by atoms with Gasteiger partial charge in [-0.15, -0.1) is 0 Å². The number of phenolic OH excluding ortho intramolecular Hbond substituents is 1. The number of aromatic hydroxyl groups is 1. The Bertz CT molecular complexity index is 479. The van der Waals surface area contributed by atoms with Gasteiger partial charge >= 0.3 is 5.97 Å². The van der Waals surface area contributed by atoms with Gasteiger partial charge in [-0.25, -0.2) is 4.79 Å². The molecule has 0 saturated carbocycles. The highest BCUT2D eigenvalue weighted by molar-refractivity contribution is 5.85. The van der Waals surface area contributed by atoms with Crippen LogP contribution >= 0.6 is 0 Å². The zero-order valence-corrected chi connectivity index (χ0v) is 14.5. The number of ether oxygens (including phenoxy) is 2. The molecule has 0 aliphatic heterocycles. The lowest BCUT2D eigenvalue weighted by Crippen LogP contribution is -2.21. The number of nitrogens with zero attached hydrogens (tertiary/aromatic N) is 1. The van der Waals surface area contributed by atoms with Crippen molar-refractivity contribution in [3.63, 3.8) is 0 Å². The Morgan fingerprint density at radius 1 is 1.09 bits per heavy atom. The summed E-state index contributed by atoms with van der Waals surface area (Å²) in [6, 6.07) is 3.02. The first-order valence-electron chi connectivity index (χ1n) is 7.51. The molecule has 130 valence electrons. The molecule has 0 aliphatic rings. The highest BCUT2D eigenvalue weighted by Crippen LogP contribution is 2.37. The van der Waals surface area contributed by atoms with Gasteiger partial charge in [0, 0.05) is 6.08 Å². The van der Waals surface area contributed by atoms with Crippen molar-refractivity contribution in [2.45, 2.75) is 20.8 Å². The second-order valence-electron chi connectivity index (χ2n) is 4.57. The monoisotopic (exact) mass is 325 g/mol. The number of carboxylic acids is 1. The molecule has 6 nitrogen and oxygen atoms in total. The lowest BCUT2D eigenvalue weighted by atomic mass is 10.1. The van der Waals surface area contributed by atoms with Gasteiger partial charge < -0.3 is 24.6 Å². The zero-order chi connectivity index (χ0) is 17.8. The van der Waals surface area contributed by atoms with Crippen molar-refractivity contribution >= 4 is 12.0 Å². The number of carboxylic acid groups (broad SMARTS) is 1. The lowest BCUT2D eigenvalue weighted by Gasteiger charge is -2.13. The Balaban J connectivity index is 0.000000585. The van der Waals surface area contributed by atoms with Crippen LogP contribution in [0.4, 0.5) is 0 Å². The predicted molar refractivity (Wildman–Crippen MR) is 91.3 cm³/mol. The van der Waals surface area contributed by atoms with E-state index < -0.39 is 5.97 Å². The maximum atomic E-state index is 10.3. The molecule has 0 saturated heterocycles. The van der Waals surface area contributed by atoms with Gasteiger partial charge in [-0.1, -0.05) is 20.8 Å². The van der Waals surface area contributed by atoms with Crippen LogP contribution in [0.25, 0.3) is 6.08 Å². The van der Waals surface area contributed by atoms with Crippen LogP contribution in [0.1, 0.15) is 26.3 Å². The van der Waals surface area contributed by atoms with Crippen LogP contribution in [0.5, 0.6) is 17.2 Å². The average Bonchev–Trinajstić information content (AvgIpc) is 2.56. The molecular weight excluding hydrogens is 298 g/mol. The van der Waals surface area contributed by atoms with E-state index in [9.17, 15) is 9.90 Å². The zero-order valence-electron chi connectivity index (χ0n) is 14.5. The van der Waals surface area contributed by atoms with Gasteiger partial charge in [0.05, 0.1) is 14.2 Å². The standard InChI is InChI=1S/C11H12O5.C6H15N/c1-15-8-5-7(3-4-10(12)13)6-9(16-2)11(8)14;1-4-7(5-2)6-3/h3-6,14H,1-2H3,(H,12,13);4-6H2,1-3H3. The molecule has 2 N–H and O–H groups in total. The molecule has 0 amide bonds. The summed E-state index contributed by atoms with van der Waals surface area (Å²) < 4.78 is 9.85. The molecule has 0 atom stereocenters. The van der Waals surface area contributed by atoms with Gasteiger partial charge in [0.1, 0.15) is 0 Å². The average molecular weight is 325 g/mol. The van der Waals surface area contributed by atoms with E-state index in [-0.39, 0.29) is 17.2 Å². The fourth-order valence-electron chi connectivity index (χ4n) is 1.85. The van der Waals surface area contributed by atoms with Crippen molar-refractivity contribution in [3.05, 3.63) is 23.8 Å². The first kappa shape index (κ1) is 20.8. The van der Waals surface area contributed by atoms with Crippen molar-refractivity contribution in [2.75, 3.05) is 33.9 Å². The third-order valence-corrected chi connectivity index (χ3v) is 3.26. The molecule has 6 heteroatoms. The number of rotatable bonds is 7. The number of hydrogen-bond acceptors (Lipinski definition) is 5. The van der Waals surface area contributed by atoms with E-state index in [0.717, 1.165) is 6.08 Å². The van der Waals surface area contributed by atoms with Crippen molar-refractivity contribution in [2.24, 2.45) is 0 Å². The van der Waals surface area contributed by atoms with E-state index in [4.69, 9.17) is 14.6 Å². The van der Waals surface area contributed by atoms with Crippen LogP contribution in [0, 0.1) is 0 Å². The van der Waals surface area contributed by atoms with E-state index in [1.54, 1.807) is 0 Å². The maximum Gasteiger partial charge on any atom is 0.328 e. The fraction of sp³-hybridized carbons (Fsp3) is 0.471. The molecule has 0 aliphatic carbocycles. The summed E-state index contributed by atoms with van der Waals surface area (Å²) in [5.41, 5.74) is 0.564. The topological polar surface area (TPSA) is 79.2 Å². The van der Waals surface area contributed by atoms with Gasteiger partial charge in [-0.05, 0) is 43.4 Å². The Labute approximate surface area is 137 Å². The Morgan fingerprint density at radius 3 is 1.78 bits per heavy atom. The molecule has 0 fully saturated rings. The molecular formula is C17H27NO5. The van der Waals surface area contributed by atoms with E-state index in [2.05, 4.69) is 25.7 Å². The molecule has 23 heavy (non-hydrogen) atoms. The predicted octanol–water partition coefficient (Wildman–Crippen LogP) is 2.86. The van der Waals surface area contributed by atoms with E-state index in [1.165, 1.54) is 52.1 Å². The number of carbonyl (C=O) groups is 1. The van der Waals surface area contributed by atoms with Crippen LogP contribution in [0.2, 0.25) is 0 Å². The third-order valence-electron chi connectivity index (χ3n) is 3.26. The van der Waals surface area contributed by atoms with Crippen molar-refractivity contribution in [1.82, 2.24) is 4.90 Å². The summed E-state index contributed by atoms with van der Waals surface area (Å²) in [5.74, 6) is -0.711. The summed E-state index contributed by atoms with van der Waals surface area (Å²) in [5, 5.41) is 18.1. The minimum Gasteiger partial charge on any atom is -0.502 e. The number of phenols is 1. The molecule has 0 heterocycles. The van der Waals surface area contributed by atoms with Crippen LogP contribution in [0.3, 0.4) is 0 Å². The molecule has 0 radical (unpaired) electrons. The number of aliphatic carboxylic acids is 1. The molecule has 0 bridgehead atoms. The van der Waals surface area contributed by atoms with Crippen LogP contribution < -0.4 is 9.47 Å². The fourth-order valence-corrected chi connectivity index (χ4v) is 1.85. The molecule has 0 unspecified atom stereocenters. The number of hydrogen-bond donors (Lipinski definition) is 2. The van der Waals surface area contributed by atoms with Crippen LogP contribution in [-0.4, -0.2) is 54.9 Å². The Kier molecular flexibility index (Phi) is 10.3. The van der Waals surface area contributed by atoms with Gasteiger partial charge in [-0.3, -0.25) is 0 Å². The first-order chi connectivity index (χ1) is 10.9. The van der Waals surface area contributed by atoms with Gasteiger partial charge in [0.15, 0.2) is 11.5 Å². The SMILES string of the molecule is CCN(CC)CC.COc1cc(C=CC(=O)O)cc(OC)c1O. The number of benzene rings is 1. The van der Waals surface area contributed by atoms with Crippen molar-refractivity contribution in [3.8, 4) is 17.2 Å². The Morgan fingerprint density at radius 2 is 1.52 bits per heavy atom. The molecule has 1 aromatic rings. The van der Waals surface area contributed by atoms with Gasteiger partial charge in [0.25, 0.3) is 0 Å². The quantitative estimate of drug-likeness (QED) is 0.751. The van der Waals surface area contributed by atoms with Gasteiger partial charge in [-0.2, -0.15) is 0 Å². The lowest BCUT2D eigenvalue weighted by molar-refractivity contribution is -0.131. The minimum absolute atomic E-state index is 0.113. The van der Waals surface area contributed by atoms with Gasteiger partial charge in [0.2, 0.25) is 5.75 Å². The number of methoxy groups -OCH3 is 2. The van der Waals surface area contributed by atoms with Crippen LogP contribution in [0.15, 0.2) is 18.2 Å². The second-order valence-corrected chi connectivity index (χ2v) is 4.57. The third kappa shape index (κ3) is 7.56. The molecule has 1 rings (SSSR count). The second kappa shape index (κ2) is 11.4. The molecule has 0 aromatic heterocycles. The maximum absolute atomic E-state index is 10.3. The normalized spacial score (nSPS) is 10.3. The molecule has 0 spiro atoms. The largest absolute Gasteiger partial charge is 0.502 e. The van der Waals surface area contributed by atoms with E-state index in [0.29, 0.717) is 5.56 Å². The molecule has 1 aromatic carbocycles. The van der Waals surface area contributed by atoms with Crippen molar-refractivity contribution < 1.29 is 24.5 Å². The smallest absolute Gasteiger partial charge is 0.328 e. The van der Waals surface area contributed by atoms with E-state index in [1.807, 2.05) is 0 Å².